The highest BCUT2D eigenvalue weighted by molar-refractivity contribution is 5.91. The van der Waals surface area contributed by atoms with Gasteiger partial charge in [-0.1, -0.05) is 6.42 Å². The molecule has 3 rings (SSSR count). The van der Waals surface area contributed by atoms with E-state index in [-0.39, 0.29) is 12.7 Å². The number of carbonyl (C=O) groups is 1. The lowest BCUT2D eigenvalue weighted by molar-refractivity contribution is -0.116. The van der Waals surface area contributed by atoms with Gasteiger partial charge in [0.2, 0.25) is 12.7 Å². The molecule has 0 saturated carbocycles. The van der Waals surface area contributed by atoms with Crippen LogP contribution in [0.4, 0.5) is 5.69 Å². The second-order valence-corrected chi connectivity index (χ2v) is 4.97. The van der Waals surface area contributed by atoms with Crippen LogP contribution < -0.4 is 20.1 Å². The zero-order valence-electron chi connectivity index (χ0n) is 10.8. The minimum atomic E-state index is 0.0401. The summed E-state index contributed by atoms with van der Waals surface area (Å²) in [4.78, 5) is 12.0. The Bertz CT molecular complexity index is 470. The highest BCUT2D eigenvalue weighted by Crippen LogP contribution is 2.34. The maximum absolute atomic E-state index is 12.0. The molecule has 1 fully saturated rings. The number of nitrogens with one attached hydrogen (secondary N) is 2. The van der Waals surface area contributed by atoms with Gasteiger partial charge in [0.05, 0.1) is 0 Å². The van der Waals surface area contributed by atoms with Crippen LogP contribution >= 0.6 is 0 Å². The van der Waals surface area contributed by atoms with Crippen molar-refractivity contribution in [1.29, 1.82) is 0 Å². The third-order valence-corrected chi connectivity index (χ3v) is 3.50. The van der Waals surface area contributed by atoms with Crippen LogP contribution in [0.5, 0.6) is 11.5 Å². The summed E-state index contributed by atoms with van der Waals surface area (Å²) in [6, 6.07) is 5.76. The normalized spacial score (nSPS) is 21.2. The van der Waals surface area contributed by atoms with Crippen molar-refractivity contribution in [2.24, 2.45) is 0 Å². The van der Waals surface area contributed by atoms with Gasteiger partial charge in [-0.15, -0.1) is 0 Å². The van der Waals surface area contributed by atoms with Crippen LogP contribution in [0, 0.1) is 0 Å². The maximum Gasteiger partial charge on any atom is 0.231 e. The van der Waals surface area contributed by atoms with Gasteiger partial charge in [0.1, 0.15) is 0 Å². The van der Waals surface area contributed by atoms with E-state index in [1.807, 2.05) is 12.1 Å². The molecule has 5 nitrogen and oxygen atoms in total. The first-order chi connectivity index (χ1) is 9.31. The summed E-state index contributed by atoms with van der Waals surface area (Å²) in [5, 5.41) is 6.28. The number of hydrogen-bond donors (Lipinski definition) is 2. The third kappa shape index (κ3) is 2.98. The van der Waals surface area contributed by atoms with E-state index in [2.05, 4.69) is 10.6 Å². The average molecular weight is 262 g/mol. The predicted molar refractivity (Wildman–Crippen MR) is 71.5 cm³/mol. The van der Waals surface area contributed by atoms with Gasteiger partial charge in [-0.3, -0.25) is 4.79 Å². The molecule has 2 aliphatic rings. The summed E-state index contributed by atoms with van der Waals surface area (Å²) in [7, 11) is 0. The molecule has 1 atom stereocenters. The van der Waals surface area contributed by atoms with Crippen molar-refractivity contribution in [3.8, 4) is 11.5 Å². The summed E-state index contributed by atoms with van der Waals surface area (Å²) >= 11 is 0. The van der Waals surface area contributed by atoms with Crippen LogP contribution in [0.15, 0.2) is 18.2 Å². The van der Waals surface area contributed by atoms with Gasteiger partial charge < -0.3 is 20.1 Å². The first kappa shape index (κ1) is 12.3. The predicted octanol–water partition coefficient (Wildman–Crippen LogP) is 1.89. The molecular weight excluding hydrogens is 244 g/mol. The van der Waals surface area contributed by atoms with E-state index < -0.39 is 0 Å². The molecule has 102 valence electrons. The molecule has 0 bridgehead atoms. The second-order valence-electron chi connectivity index (χ2n) is 4.97. The molecule has 19 heavy (non-hydrogen) atoms. The van der Waals surface area contributed by atoms with E-state index in [1.54, 1.807) is 6.07 Å². The van der Waals surface area contributed by atoms with Gasteiger partial charge in [0.25, 0.3) is 0 Å². The molecule has 0 radical (unpaired) electrons. The molecule has 2 aliphatic heterocycles. The molecule has 0 spiro atoms. The van der Waals surface area contributed by atoms with Gasteiger partial charge >= 0.3 is 0 Å². The highest BCUT2D eigenvalue weighted by atomic mass is 16.7. The van der Waals surface area contributed by atoms with Gasteiger partial charge in [-0.2, -0.15) is 0 Å². The largest absolute Gasteiger partial charge is 0.454 e. The number of anilines is 1. The molecule has 2 heterocycles. The molecule has 1 aromatic carbocycles. The SMILES string of the molecule is O=C(CC1CCCCN1)Nc1ccc2c(c1)OCO2. The topological polar surface area (TPSA) is 59.6 Å². The van der Waals surface area contributed by atoms with Gasteiger partial charge in [0, 0.05) is 24.2 Å². The molecule has 1 unspecified atom stereocenters. The lowest BCUT2D eigenvalue weighted by atomic mass is 10.0. The minimum Gasteiger partial charge on any atom is -0.454 e. The second kappa shape index (κ2) is 5.48. The van der Waals surface area contributed by atoms with Crippen molar-refractivity contribution in [1.82, 2.24) is 5.32 Å². The van der Waals surface area contributed by atoms with E-state index in [0.29, 0.717) is 18.2 Å². The van der Waals surface area contributed by atoms with Crippen molar-refractivity contribution in [2.45, 2.75) is 31.7 Å². The fraction of sp³-hybridized carbons (Fsp3) is 0.500. The zero-order valence-corrected chi connectivity index (χ0v) is 10.8. The maximum atomic E-state index is 12.0. The van der Waals surface area contributed by atoms with Crippen molar-refractivity contribution in [2.75, 3.05) is 18.7 Å². The number of rotatable bonds is 3. The summed E-state index contributed by atoms with van der Waals surface area (Å²) in [6.45, 7) is 1.26. The number of amides is 1. The lowest BCUT2D eigenvalue weighted by Gasteiger charge is -2.22. The Hall–Kier alpha value is -1.75. The van der Waals surface area contributed by atoms with Gasteiger partial charge in [-0.05, 0) is 31.5 Å². The fourth-order valence-electron chi connectivity index (χ4n) is 2.51. The lowest BCUT2D eigenvalue weighted by Crippen LogP contribution is -2.36. The Labute approximate surface area is 112 Å². The Morgan fingerprint density at radius 2 is 2.21 bits per heavy atom. The Morgan fingerprint density at radius 3 is 3.05 bits per heavy atom. The van der Waals surface area contributed by atoms with Gasteiger partial charge in [0.15, 0.2) is 11.5 Å². The number of carbonyl (C=O) groups excluding carboxylic acids is 1. The minimum absolute atomic E-state index is 0.0401. The Morgan fingerprint density at radius 1 is 1.32 bits per heavy atom. The van der Waals surface area contributed by atoms with Crippen molar-refractivity contribution >= 4 is 11.6 Å². The van der Waals surface area contributed by atoms with Crippen LogP contribution in [0.3, 0.4) is 0 Å². The highest BCUT2D eigenvalue weighted by Gasteiger charge is 2.18. The third-order valence-electron chi connectivity index (χ3n) is 3.50. The van der Waals surface area contributed by atoms with E-state index in [4.69, 9.17) is 9.47 Å². The van der Waals surface area contributed by atoms with Crippen LogP contribution in [-0.2, 0) is 4.79 Å². The van der Waals surface area contributed by atoms with Crippen LogP contribution in [0.1, 0.15) is 25.7 Å². The molecule has 1 amide bonds. The molecule has 2 N–H and O–H groups in total. The number of benzene rings is 1. The van der Waals surface area contributed by atoms with Crippen LogP contribution in [0.25, 0.3) is 0 Å². The number of ether oxygens (including phenoxy) is 2. The standard InChI is InChI=1S/C14H18N2O3/c17-14(8-10-3-1-2-6-15-10)16-11-4-5-12-13(7-11)19-9-18-12/h4-5,7,10,15H,1-3,6,8-9H2,(H,16,17). The number of piperidine rings is 1. The molecule has 1 saturated heterocycles. The van der Waals surface area contributed by atoms with Crippen molar-refractivity contribution in [3.63, 3.8) is 0 Å². The fourth-order valence-corrected chi connectivity index (χ4v) is 2.51. The summed E-state index contributed by atoms with van der Waals surface area (Å²) in [5.41, 5.74) is 0.755. The zero-order chi connectivity index (χ0) is 13.1. The van der Waals surface area contributed by atoms with Gasteiger partial charge in [-0.25, -0.2) is 0 Å². The molecular formula is C14H18N2O3. The summed E-state index contributed by atoms with van der Waals surface area (Å²) < 4.78 is 10.5. The Kier molecular flexibility index (Phi) is 3.55. The van der Waals surface area contributed by atoms with Crippen molar-refractivity contribution < 1.29 is 14.3 Å². The average Bonchev–Trinajstić information content (AvgIpc) is 2.87. The monoisotopic (exact) mass is 262 g/mol. The van der Waals surface area contributed by atoms with E-state index in [1.165, 1.54) is 12.8 Å². The summed E-state index contributed by atoms with van der Waals surface area (Å²) in [6.07, 6.45) is 4.01. The first-order valence-corrected chi connectivity index (χ1v) is 6.74. The molecule has 1 aromatic rings. The smallest absolute Gasteiger partial charge is 0.231 e. The number of hydrogen-bond acceptors (Lipinski definition) is 4. The molecule has 0 aliphatic carbocycles. The van der Waals surface area contributed by atoms with Crippen LogP contribution in [-0.4, -0.2) is 25.3 Å². The van der Waals surface area contributed by atoms with E-state index in [0.717, 1.165) is 24.4 Å². The number of fused-ring (bicyclic) bond motifs is 1. The van der Waals surface area contributed by atoms with Crippen molar-refractivity contribution in [3.05, 3.63) is 18.2 Å². The quantitative estimate of drug-likeness (QED) is 0.873. The first-order valence-electron chi connectivity index (χ1n) is 6.74. The van der Waals surface area contributed by atoms with Crippen LogP contribution in [0.2, 0.25) is 0 Å². The molecule has 0 aromatic heterocycles. The Balaban J connectivity index is 1.56. The molecule has 5 heteroatoms. The van der Waals surface area contributed by atoms with E-state index >= 15 is 0 Å². The summed E-state index contributed by atoms with van der Waals surface area (Å²) in [5.74, 6) is 1.46. The van der Waals surface area contributed by atoms with E-state index in [9.17, 15) is 4.79 Å².